The van der Waals surface area contributed by atoms with Crippen LogP contribution in [0.5, 0.6) is 0 Å². The minimum absolute atomic E-state index is 0.0767. The van der Waals surface area contributed by atoms with E-state index in [1.165, 1.54) is 6.20 Å². The van der Waals surface area contributed by atoms with Gasteiger partial charge in [0.1, 0.15) is 4.99 Å². The molecule has 1 saturated heterocycles. The quantitative estimate of drug-likeness (QED) is 0.760. The van der Waals surface area contributed by atoms with Gasteiger partial charge in [-0.2, -0.15) is 5.10 Å². The zero-order valence-electron chi connectivity index (χ0n) is 9.88. The van der Waals surface area contributed by atoms with E-state index in [2.05, 4.69) is 15.5 Å². The summed E-state index contributed by atoms with van der Waals surface area (Å²) in [4.78, 5) is 0.205. The Hall–Kier alpha value is -1.28. The first-order valence-electron chi connectivity index (χ1n) is 5.41. The Balaban J connectivity index is 2.28. The fourth-order valence-electron chi connectivity index (χ4n) is 2.02. The zero-order valence-corrected chi connectivity index (χ0v) is 11.5. The lowest BCUT2D eigenvalue weighted by Gasteiger charge is -2.25. The minimum Gasteiger partial charge on any atom is -0.389 e. The highest BCUT2D eigenvalue weighted by atomic mass is 32.2. The Kier molecular flexibility index (Phi) is 3.24. The number of hydrogen-bond acceptors (Lipinski definition) is 6. The summed E-state index contributed by atoms with van der Waals surface area (Å²) in [6.45, 7) is 1.84. The molecule has 0 spiro atoms. The summed E-state index contributed by atoms with van der Waals surface area (Å²) >= 11 is 4.92. The Labute approximate surface area is 111 Å². The molecule has 18 heavy (non-hydrogen) atoms. The average Bonchev–Trinajstić information content (AvgIpc) is 2.53. The van der Waals surface area contributed by atoms with E-state index >= 15 is 0 Å². The van der Waals surface area contributed by atoms with E-state index in [4.69, 9.17) is 18.0 Å². The van der Waals surface area contributed by atoms with Crippen molar-refractivity contribution in [2.75, 3.05) is 16.8 Å². The van der Waals surface area contributed by atoms with Gasteiger partial charge in [-0.15, -0.1) is 5.10 Å². The molecule has 1 aliphatic heterocycles. The molecule has 1 fully saturated rings. The monoisotopic (exact) mass is 286 g/mol. The van der Waals surface area contributed by atoms with Gasteiger partial charge in [-0.05, 0) is 19.4 Å². The van der Waals surface area contributed by atoms with Crippen molar-refractivity contribution >= 4 is 32.9 Å². The fraction of sp³-hybridized carbons (Fsp3) is 0.500. The third kappa shape index (κ3) is 2.75. The largest absolute Gasteiger partial charge is 0.389 e. The maximum atomic E-state index is 11.5. The summed E-state index contributed by atoms with van der Waals surface area (Å²) < 4.78 is 23.1. The van der Waals surface area contributed by atoms with Crippen LogP contribution >= 0.6 is 12.2 Å². The molecule has 3 N–H and O–H groups in total. The summed E-state index contributed by atoms with van der Waals surface area (Å²) in [5.41, 5.74) is 5.62. The Morgan fingerprint density at radius 1 is 1.61 bits per heavy atom. The molecule has 8 heteroatoms. The summed E-state index contributed by atoms with van der Waals surface area (Å²) in [6.07, 6.45) is 2.02. The predicted octanol–water partition coefficient (Wildman–Crippen LogP) is 0.0999. The highest BCUT2D eigenvalue weighted by Crippen LogP contribution is 2.27. The molecule has 1 aliphatic rings. The van der Waals surface area contributed by atoms with Gasteiger partial charge in [-0.3, -0.25) is 0 Å². The number of aromatic nitrogens is 2. The Morgan fingerprint density at radius 3 is 2.89 bits per heavy atom. The van der Waals surface area contributed by atoms with Crippen LogP contribution in [-0.2, 0) is 9.84 Å². The number of thiocarbonyl (C=S) groups is 1. The van der Waals surface area contributed by atoms with Gasteiger partial charge in [0.15, 0.2) is 15.7 Å². The molecular formula is C10H14N4O2S2. The van der Waals surface area contributed by atoms with Crippen LogP contribution in [0.25, 0.3) is 0 Å². The molecule has 2 heterocycles. The fourth-order valence-corrected chi connectivity index (χ4v) is 4.28. The van der Waals surface area contributed by atoms with Gasteiger partial charge in [0, 0.05) is 0 Å². The van der Waals surface area contributed by atoms with Gasteiger partial charge >= 0.3 is 0 Å². The molecule has 0 aliphatic carbocycles. The summed E-state index contributed by atoms with van der Waals surface area (Å²) in [5, 5.41) is 10.8. The zero-order chi connectivity index (χ0) is 13.4. The Bertz CT molecular complexity index is 587. The Morgan fingerprint density at radius 2 is 2.33 bits per heavy atom. The highest BCUT2D eigenvalue weighted by molar-refractivity contribution is 7.91. The molecule has 0 aromatic carbocycles. The van der Waals surface area contributed by atoms with Crippen LogP contribution in [0.1, 0.15) is 18.9 Å². The number of hydrogen-bond donors (Lipinski definition) is 2. The molecule has 6 nitrogen and oxygen atoms in total. The first-order valence-corrected chi connectivity index (χ1v) is 7.64. The minimum atomic E-state index is -2.98. The van der Waals surface area contributed by atoms with Gasteiger partial charge in [0.2, 0.25) is 0 Å². The molecule has 2 rings (SSSR count). The first kappa shape index (κ1) is 13.2. The SMILES string of the molecule is CC1(Nc2nnccc2C(N)=S)CCS(=O)(=O)C1. The van der Waals surface area contributed by atoms with Crippen molar-refractivity contribution in [3.05, 3.63) is 17.8 Å². The van der Waals surface area contributed by atoms with Gasteiger partial charge < -0.3 is 11.1 Å². The standard InChI is InChI=1S/C10H14N4O2S2/c1-10(3-5-18(15,16)6-10)13-9-7(8(11)17)2-4-12-14-9/h2,4H,3,5-6H2,1H3,(H2,11,17)(H,13,14). The number of rotatable bonds is 3. The van der Waals surface area contributed by atoms with Crippen molar-refractivity contribution in [1.82, 2.24) is 10.2 Å². The van der Waals surface area contributed by atoms with Crippen LogP contribution in [0.3, 0.4) is 0 Å². The van der Waals surface area contributed by atoms with Crippen molar-refractivity contribution in [1.29, 1.82) is 0 Å². The maximum absolute atomic E-state index is 11.5. The number of anilines is 1. The molecular weight excluding hydrogens is 272 g/mol. The van der Waals surface area contributed by atoms with E-state index in [-0.39, 0.29) is 16.5 Å². The number of nitrogens with two attached hydrogens (primary N) is 1. The van der Waals surface area contributed by atoms with Gasteiger partial charge in [-0.25, -0.2) is 8.42 Å². The number of sulfone groups is 1. The topological polar surface area (TPSA) is 98.0 Å². The molecule has 1 aromatic rings. The predicted molar refractivity (Wildman–Crippen MR) is 73.2 cm³/mol. The second-order valence-electron chi connectivity index (χ2n) is 4.69. The molecule has 1 aromatic heterocycles. The second kappa shape index (κ2) is 4.43. The van der Waals surface area contributed by atoms with Crippen molar-refractivity contribution in [2.24, 2.45) is 5.73 Å². The van der Waals surface area contributed by atoms with E-state index in [0.717, 1.165) is 0 Å². The second-order valence-corrected chi connectivity index (χ2v) is 7.31. The van der Waals surface area contributed by atoms with Crippen LogP contribution in [0.15, 0.2) is 12.3 Å². The van der Waals surface area contributed by atoms with Crippen LogP contribution in [0, 0.1) is 0 Å². The molecule has 0 radical (unpaired) electrons. The third-order valence-corrected chi connectivity index (χ3v) is 5.03. The van der Waals surface area contributed by atoms with E-state index in [1.807, 2.05) is 6.92 Å². The van der Waals surface area contributed by atoms with Gasteiger partial charge in [0.25, 0.3) is 0 Å². The molecule has 0 saturated carbocycles. The van der Waals surface area contributed by atoms with E-state index in [9.17, 15) is 8.42 Å². The summed E-state index contributed by atoms with van der Waals surface area (Å²) in [7, 11) is -2.98. The van der Waals surface area contributed by atoms with E-state index < -0.39 is 15.4 Å². The van der Waals surface area contributed by atoms with Crippen molar-refractivity contribution in [3.63, 3.8) is 0 Å². The van der Waals surface area contributed by atoms with E-state index in [0.29, 0.717) is 17.8 Å². The maximum Gasteiger partial charge on any atom is 0.159 e. The summed E-state index contributed by atoms with van der Waals surface area (Å²) in [5.74, 6) is 0.691. The lowest BCUT2D eigenvalue weighted by molar-refractivity contribution is 0.570. The summed E-state index contributed by atoms with van der Waals surface area (Å²) in [6, 6.07) is 1.66. The molecule has 1 unspecified atom stereocenters. The normalized spacial score (nSPS) is 25.8. The third-order valence-electron chi connectivity index (χ3n) is 2.91. The average molecular weight is 286 g/mol. The molecule has 0 amide bonds. The smallest absolute Gasteiger partial charge is 0.159 e. The lowest BCUT2D eigenvalue weighted by Crippen LogP contribution is -2.37. The van der Waals surface area contributed by atoms with E-state index in [1.54, 1.807) is 6.07 Å². The van der Waals surface area contributed by atoms with Crippen molar-refractivity contribution < 1.29 is 8.42 Å². The van der Waals surface area contributed by atoms with Gasteiger partial charge in [-0.1, -0.05) is 12.2 Å². The molecule has 0 bridgehead atoms. The van der Waals surface area contributed by atoms with Crippen molar-refractivity contribution in [2.45, 2.75) is 18.9 Å². The van der Waals surface area contributed by atoms with Crippen LogP contribution < -0.4 is 11.1 Å². The van der Waals surface area contributed by atoms with Crippen LogP contribution in [0.2, 0.25) is 0 Å². The molecule has 1 atom stereocenters. The van der Waals surface area contributed by atoms with Gasteiger partial charge in [0.05, 0.1) is 28.8 Å². The van der Waals surface area contributed by atoms with Crippen LogP contribution in [0.4, 0.5) is 5.82 Å². The van der Waals surface area contributed by atoms with Crippen LogP contribution in [-0.4, -0.2) is 40.6 Å². The number of nitrogens with zero attached hydrogens (tertiary/aromatic N) is 2. The lowest BCUT2D eigenvalue weighted by atomic mass is 10.0. The molecule has 98 valence electrons. The highest BCUT2D eigenvalue weighted by Gasteiger charge is 2.39. The van der Waals surface area contributed by atoms with Crippen molar-refractivity contribution in [3.8, 4) is 0 Å². The number of nitrogens with one attached hydrogen (secondary N) is 1. The first-order chi connectivity index (χ1) is 8.31.